The van der Waals surface area contributed by atoms with Crippen molar-refractivity contribution in [3.8, 4) is 0 Å². The van der Waals surface area contributed by atoms with Gasteiger partial charge in [-0.1, -0.05) is 19.9 Å². The highest BCUT2D eigenvalue weighted by atomic mass is 14.7. The van der Waals surface area contributed by atoms with E-state index in [1.807, 2.05) is 6.20 Å². The summed E-state index contributed by atoms with van der Waals surface area (Å²) in [5.41, 5.74) is 2.68. The predicted molar refractivity (Wildman–Crippen MR) is 61.5 cm³/mol. The molecule has 1 aromatic carbocycles. The third-order valence-electron chi connectivity index (χ3n) is 2.63. The highest BCUT2D eigenvalue weighted by Crippen LogP contribution is 2.16. The molecule has 0 fully saturated rings. The van der Waals surface area contributed by atoms with Crippen LogP contribution in [0, 0.1) is 5.92 Å². The van der Waals surface area contributed by atoms with Crippen LogP contribution in [0.5, 0.6) is 0 Å². The van der Waals surface area contributed by atoms with Crippen molar-refractivity contribution in [1.82, 2.24) is 4.98 Å². The molecule has 0 saturated carbocycles. The molecule has 0 aliphatic rings. The third kappa shape index (κ3) is 1.98. The summed E-state index contributed by atoms with van der Waals surface area (Å²) in [5, 5.41) is 1.33. The van der Waals surface area contributed by atoms with Crippen LogP contribution in [0.25, 0.3) is 10.9 Å². The summed E-state index contributed by atoms with van der Waals surface area (Å²) in [5.74, 6) is 0.789. The minimum absolute atomic E-state index is 0.789. The van der Waals surface area contributed by atoms with Crippen molar-refractivity contribution in [1.29, 1.82) is 0 Å². The largest absolute Gasteiger partial charge is 0.361 e. The molecule has 0 aliphatic carbocycles. The Hall–Kier alpha value is -1.24. The second kappa shape index (κ2) is 3.87. The summed E-state index contributed by atoms with van der Waals surface area (Å²) in [6.07, 6.45) is 4.46. The van der Waals surface area contributed by atoms with E-state index in [9.17, 15) is 0 Å². The number of aryl methyl sites for hydroxylation is 1. The zero-order valence-corrected chi connectivity index (χ0v) is 8.88. The van der Waals surface area contributed by atoms with E-state index in [2.05, 4.69) is 43.1 Å². The zero-order valence-electron chi connectivity index (χ0n) is 8.88. The number of fused-ring (bicyclic) bond motifs is 1. The molecule has 0 radical (unpaired) electrons. The van der Waals surface area contributed by atoms with E-state index in [0.717, 1.165) is 5.92 Å². The van der Waals surface area contributed by atoms with Gasteiger partial charge in [-0.25, -0.2) is 0 Å². The minimum Gasteiger partial charge on any atom is -0.361 e. The van der Waals surface area contributed by atoms with E-state index in [0.29, 0.717) is 0 Å². The van der Waals surface area contributed by atoms with Gasteiger partial charge in [0.25, 0.3) is 0 Å². The number of hydrogen-bond acceptors (Lipinski definition) is 0. The Labute approximate surface area is 85.1 Å². The monoisotopic (exact) mass is 187 g/mol. The van der Waals surface area contributed by atoms with Gasteiger partial charge in [-0.3, -0.25) is 0 Å². The summed E-state index contributed by atoms with van der Waals surface area (Å²) in [6.45, 7) is 4.55. The molecule has 0 saturated heterocycles. The maximum absolute atomic E-state index is 3.21. The van der Waals surface area contributed by atoms with Crippen LogP contribution in [0.15, 0.2) is 30.5 Å². The molecule has 0 unspecified atom stereocenters. The molecule has 0 bridgehead atoms. The predicted octanol–water partition coefficient (Wildman–Crippen LogP) is 3.76. The lowest BCUT2D eigenvalue weighted by Crippen LogP contribution is -1.91. The molecule has 1 nitrogen and oxygen atoms in total. The molecule has 1 N–H and O–H groups in total. The first-order valence-corrected chi connectivity index (χ1v) is 5.32. The molecule has 2 aromatic rings. The topological polar surface area (TPSA) is 15.8 Å². The summed E-state index contributed by atoms with van der Waals surface area (Å²) >= 11 is 0. The van der Waals surface area contributed by atoms with Crippen molar-refractivity contribution >= 4 is 10.9 Å². The lowest BCUT2D eigenvalue weighted by molar-refractivity contribution is 0.587. The normalized spacial score (nSPS) is 11.4. The van der Waals surface area contributed by atoms with Gasteiger partial charge >= 0.3 is 0 Å². The van der Waals surface area contributed by atoms with E-state index in [1.54, 1.807) is 0 Å². The van der Waals surface area contributed by atoms with Gasteiger partial charge in [-0.15, -0.1) is 0 Å². The fraction of sp³-hybridized carbons (Fsp3) is 0.385. The quantitative estimate of drug-likeness (QED) is 0.753. The molecule has 14 heavy (non-hydrogen) atoms. The molecule has 74 valence electrons. The van der Waals surface area contributed by atoms with Crippen LogP contribution in [0.3, 0.4) is 0 Å². The van der Waals surface area contributed by atoms with Crippen molar-refractivity contribution in [3.05, 3.63) is 36.0 Å². The summed E-state index contributed by atoms with van der Waals surface area (Å²) in [7, 11) is 0. The smallest absolute Gasteiger partial charge is 0.0454 e. The molecule has 0 aliphatic heterocycles. The van der Waals surface area contributed by atoms with E-state index >= 15 is 0 Å². The van der Waals surface area contributed by atoms with Crippen molar-refractivity contribution in [2.24, 2.45) is 5.92 Å². The van der Waals surface area contributed by atoms with Crippen LogP contribution in [-0.4, -0.2) is 4.98 Å². The van der Waals surface area contributed by atoms with Crippen molar-refractivity contribution in [2.75, 3.05) is 0 Å². The number of nitrogens with one attached hydrogen (secondary N) is 1. The fourth-order valence-electron chi connectivity index (χ4n) is 1.71. The van der Waals surface area contributed by atoms with Crippen LogP contribution in [-0.2, 0) is 6.42 Å². The first-order valence-electron chi connectivity index (χ1n) is 5.32. The Morgan fingerprint density at radius 2 is 2.07 bits per heavy atom. The molecule has 2 rings (SSSR count). The van der Waals surface area contributed by atoms with Crippen molar-refractivity contribution < 1.29 is 0 Å². The highest BCUT2D eigenvalue weighted by molar-refractivity contribution is 5.79. The van der Waals surface area contributed by atoms with Gasteiger partial charge in [0.2, 0.25) is 0 Å². The zero-order chi connectivity index (χ0) is 9.97. The van der Waals surface area contributed by atoms with Crippen LogP contribution in [0.4, 0.5) is 0 Å². The molecule has 1 heteroatoms. The molecule has 1 heterocycles. The van der Waals surface area contributed by atoms with Gasteiger partial charge in [-0.05, 0) is 47.9 Å². The standard InChI is InChI=1S/C13H17N/c1-10(2)3-4-11-5-6-13-12(9-11)7-8-14-13/h5-10,14H,3-4H2,1-2H3. The number of hydrogen-bond donors (Lipinski definition) is 1. The van der Waals surface area contributed by atoms with Crippen LogP contribution < -0.4 is 0 Å². The average Bonchev–Trinajstić information content (AvgIpc) is 2.61. The summed E-state index contributed by atoms with van der Waals surface area (Å²) in [4.78, 5) is 3.21. The van der Waals surface area contributed by atoms with Crippen molar-refractivity contribution in [2.45, 2.75) is 26.7 Å². The molecule has 0 atom stereocenters. The number of benzene rings is 1. The maximum Gasteiger partial charge on any atom is 0.0454 e. The van der Waals surface area contributed by atoms with Crippen LogP contribution in [0.2, 0.25) is 0 Å². The summed E-state index contributed by atoms with van der Waals surface area (Å²) < 4.78 is 0. The number of H-pyrrole nitrogens is 1. The highest BCUT2D eigenvalue weighted by Gasteiger charge is 1.99. The Morgan fingerprint density at radius 1 is 1.21 bits per heavy atom. The molecule has 0 amide bonds. The van der Waals surface area contributed by atoms with Gasteiger partial charge in [0.15, 0.2) is 0 Å². The molecule has 1 aromatic heterocycles. The SMILES string of the molecule is CC(C)CCc1ccc2[nH]ccc2c1. The Morgan fingerprint density at radius 3 is 2.86 bits per heavy atom. The van der Waals surface area contributed by atoms with E-state index in [1.165, 1.54) is 29.3 Å². The third-order valence-corrected chi connectivity index (χ3v) is 2.63. The molecular formula is C13H17N. The van der Waals surface area contributed by atoms with Crippen LogP contribution >= 0.6 is 0 Å². The molecule has 0 spiro atoms. The maximum atomic E-state index is 3.21. The van der Waals surface area contributed by atoms with Gasteiger partial charge < -0.3 is 4.98 Å². The number of aromatic nitrogens is 1. The fourth-order valence-corrected chi connectivity index (χ4v) is 1.71. The summed E-state index contributed by atoms with van der Waals surface area (Å²) in [6, 6.07) is 8.81. The van der Waals surface area contributed by atoms with Crippen LogP contribution in [0.1, 0.15) is 25.8 Å². The lowest BCUT2D eigenvalue weighted by Gasteiger charge is -2.04. The van der Waals surface area contributed by atoms with Gasteiger partial charge in [-0.2, -0.15) is 0 Å². The van der Waals surface area contributed by atoms with E-state index in [4.69, 9.17) is 0 Å². The first kappa shape index (κ1) is 9.32. The van der Waals surface area contributed by atoms with E-state index < -0.39 is 0 Å². The Balaban J connectivity index is 2.17. The van der Waals surface area contributed by atoms with Gasteiger partial charge in [0.05, 0.1) is 0 Å². The average molecular weight is 187 g/mol. The Kier molecular flexibility index (Phi) is 2.58. The Bertz CT molecular complexity index is 412. The van der Waals surface area contributed by atoms with Crippen molar-refractivity contribution in [3.63, 3.8) is 0 Å². The number of rotatable bonds is 3. The lowest BCUT2D eigenvalue weighted by atomic mass is 10.0. The second-order valence-corrected chi connectivity index (χ2v) is 4.33. The number of aromatic amines is 1. The van der Waals surface area contributed by atoms with Gasteiger partial charge in [0.1, 0.15) is 0 Å². The first-order chi connectivity index (χ1) is 6.75. The van der Waals surface area contributed by atoms with Gasteiger partial charge in [0, 0.05) is 11.7 Å². The van der Waals surface area contributed by atoms with E-state index in [-0.39, 0.29) is 0 Å². The second-order valence-electron chi connectivity index (χ2n) is 4.33. The molecular weight excluding hydrogens is 170 g/mol. The minimum atomic E-state index is 0.789.